The fourth-order valence-corrected chi connectivity index (χ4v) is 2.97. The molecule has 2 aromatic rings. The molecular formula is C17H14Cl3IN2O3. The first kappa shape index (κ1) is 21.1. The fraction of sp³-hybridized carbons (Fsp3) is 0.176. The Labute approximate surface area is 179 Å². The number of carbonyl (C=O) groups excluding carboxylic acids is 2. The van der Waals surface area contributed by atoms with Gasteiger partial charge in [0.25, 0.3) is 5.91 Å². The number of amides is 1. The molecule has 0 aliphatic heterocycles. The van der Waals surface area contributed by atoms with Crippen molar-refractivity contribution in [2.75, 3.05) is 12.4 Å². The van der Waals surface area contributed by atoms with Gasteiger partial charge in [-0.15, -0.1) is 0 Å². The molecule has 0 fully saturated rings. The number of nitrogens with one attached hydrogen (secondary N) is 2. The highest BCUT2D eigenvalue weighted by Crippen LogP contribution is 2.32. The van der Waals surface area contributed by atoms with Gasteiger partial charge in [-0.05, 0) is 52.9 Å². The molecule has 0 bridgehead atoms. The Morgan fingerprint density at radius 3 is 2.42 bits per heavy atom. The van der Waals surface area contributed by atoms with Gasteiger partial charge in [0.1, 0.15) is 6.17 Å². The second-order valence-electron chi connectivity index (χ2n) is 5.14. The summed E-state index contributed by atoms with van der Waals surface area (Å²) in [7, 11) is 1.27. The Morgan fingerprint density at radius 2 is 1.81 bits per heavy atom. The Kier molecular flexibility index (Phi) is 7.40. The molecule has 0 radical (unpaired) electrons. The summed E-state index contributed by atoms with van der Waals surface area (Å²) >= 11 is 20.1. The number of esters is 1. The number of rotatable bonds is 5. The molecule has 2 aromatic carbocycles. The van der Waals surface area contributed by atoms with Crippen molar-refractivity contribution in [1.82, 2.24) is 5.32 Å². The smallest absolute Gasteiger partial charge is 0.339 e. The number of carbonyl (C=O) groups is 2. The minimum absolute atomic E-state index is 0.248. The van der Waals surface area contributed by atoms with E-state index in [1.165, 1.54) is 7.11 Å². The van der Waals surface area contributed by atoms with E-state index in [1.54, 1.807) is 42.5 Å². The van der Waals surface area contributed by atoms with Gasteiger partial charge in [-0.3, -0.25) is 4.79 Å². The van der Waals surface area contributed by atoms with Crippen LogP contribution in [-0.2, 0) is 4.74 Å². The van der Waals surface area contributed by atoms with Crippen LogP contribution >= 0.6 is 57.4 Å². The van der Waals surface area contributed by atoms with E-state index in [9.17, 15) is 9.59 Å². The van der Waals surface area contributed by atoms with E-state index in [-0.39, 0.29) is 5.56 Å². The van der Waals surface area contributed by atoms with E-state index < -0.39 is 21.8 Å². The molecule has 26 heavy (non-hydrogen) atoms. The highest BCUT2D eigenvalue weighted by atomic mass is 127. The van der Waals surface area contributed by atoms with Crippen LogP contribution in [0.5, 0.6) is 0 Å². The lowest BCUT2D eigenvalue weighted by atomic mass is 10.1. The van der Waals surface area contributed by atoms with Crippen LogP contribution in [0.3, 0.4) is 0 Å². The SMILES string of the molecule is COC(=O)c1ccccc1NC(NC(=O)c1cccc(I)c1)C(Cl)(Cl)Cl. The minimum Gasteiger partial charge on any atom is -0.465 e. The van der Waals surface area contributed by atoms with Crippen LogP contribution in [-0.4, -0.2) is 28.9 Å². The minimum atomic E-state index is -1.87. The molecule has 0 aliphatic rings. The predicted octanol–water partition coefficient (Wildman–Crippen LogP) is 4.62. The highest BCUT2D eigenvalue weighted by Gasteiger charge is 2.35. The lowest BCUT2D eigenvalue weighted by Crippen LogP contribution is -2.49. The van der Waals surface area contributed by atoms with E-state index in [0.717, 1.165) is 3.57 Å². The second-order valence-corrected chi connectivity index (χ2v) is 8.75. The van der Waals surface area contributed by atoms with Crippen molar-refractivity contribution in [3.05, 3.63) is 63.2 Å². The molecule has 0 heterocycles. The Balaban J connectivity index is 2.27. The van der Waals surface area contributed by atoms with E-state index >= 15 is 0 Å². The third-order valence-electron chi connectivity index (χ3n) is 3.32. The van der Waals surface area contributed by atoms with Crippen LogP contribution in [0.25, 0.3) is 0 Å². The van der Waals surface area contributed by atoms with Gasteiger partial charge >= 0.3 is 5.97 Å². The van der Waals surface area contributed by atoms with Crippen molar-refractivity contribution in [3.63, 3.8) is 0 Å². The van der Waals surface area contributed by atoms with Crippen LogP contribution in [0, 0.1) is 3.57 Å². The monoisotopic (exact) mass is 526 g/mol. The first-order valence-electron chi connectivity index (χ1n) is 7.29. The van der Waals surface area contributed by atoms with Crippen molar-refractivity contribution >= 4 is 75.0 Å². The van der Waals surface area contributed by atoms with E-state index in [0.29, 0.717) is 11.3 Å². The summed E-state index contributed by atoms with van der Waals surface area (Å²) in [5, 5.41) is 5.52. The third kappa shape index (κ3) is 5.64. The molecule has 0 aliphatic carbocycles. The van der Waals surface area contributed by atoms with E-state index in [2.05, 4.69) is 33.2 Å². The molecule has 2 N–H and O–H groups in total. The van der Waals surface area contributed by atoms with Gasteiger partial charge < -0.3 is 15.4 Å². The Hall–Kier alpha value is -1.22. The van der Waals surface area contributed by atoms with Crippen molar-refractivity contribution in [2.45, 2.75) is 9.96 Å². The van der Waals surface area contributed by atoms with Crippen molar-refractivity contribution in [1.29, 1.82) is 0 Å². The summed E-state index contributed by atoms with van der Waals surface area (Å²) in [5.41, 5.74) is 1.02. The third-order valence-corrected chi connectivity index (χ3v) is 4.65. The van der Waals surface area contributed by atoms with Crippen molar-refractivity contribution < 1.29 is 14.3 Å². The topological polar surface area (TPSA) is 67.4 Å². The predicted molar refractivity (Wildman–Crippen MR) is 112 cm³/mol. The molecule has 9 heteroatoms. The number of hydrogen-bond acceptors (Lipinski definition) is 4. The number of benzene rings is 2. The number of para-hydroxylation sites is 1. The molecular weight excluding hydrogens is 513 g/mol. The Bertz CT molecular complexity index is 812. The van der Waals surface area contributed by atoms with Gasteiger partial charge in [-0.25, -0.2) is 4.79 Å². The van der Waals surface area contributed by atoms with Crippen molar-refractivity contribution in [2.24, 2.45) is 0 Å². The first-order valence-corrected chi connectivity index (χ1v) is 9.50. The van der Waals surface area contributed by atoms with Gasteiger partial charge in [0.2, 0.25) is 3.79 Å². The molecule has 138 valence electrons. The van der Waals surface area contributed by atoms with Crippen molar-refractivity contribution in [3.8, 4) is 0 Å². The van der Waals surface area contributed by atoms with Crippen LogP contribution in [0.15, 0.2) is 48.5 Å². The molecule has 1 unspecified atom stereocenters. The lowest BCUT2D eigenvalue weighted by Gasteiger charge is -2.28. The number of ether oxygens (including phenoxy) is 1. The zero-order valence-electron chi connectivity index (χ0n) is 13.4. The number of hydrogen-bond donors (Lipinski definition) is 2. The highest BCUT2D eigenvalue weighted by molar-refractivity contribution is 14.1. The first-order chi connectivity index (χ1) is 12.2. The standard InChI is InChI=1S/C17H14Cl3IN2O3/c1-26-15(25)12-7-2-3-8-13(12)22-16(17(18,19)20)23-14(24)10-5-4-6-11(21)9-10/h2-9,16,22H,1H3,(H,23,24). The van der Waals surface area contributed by atoms with Crippen LogP contribution in [0.1, 0.15) is 20.7 Å². The molecule has 0 aromatic heterocycles. The van der Waals surface area contributed by atoms with Gasteiger partial charge in [0.05, 0.1) is 18.4 Å². The summed E-state index contributed by atoms with van der Waals surface area (Å²) < 4.78 is 3.76. The zero-order valence-corrected chi connectivity index (χ0v) is 17.9. The Morgan fingerprint density at radius 1 is 1.12 bits per heavy atom. The average Bonchev–Trinajstić information content (AvgIpc) is 2.60. The summed E-state index contributed by atoms with van der Waals surface area (Å²) in [5.74, 6) is -0.983. The molecule has 1 amide bonds. The zero-order chi connectivity index (χ0) is 19.3. The number of anilines is 1. The summed E-state index contributed by atoms with van der Waals surface area (Å²) in [6.07, 6.45) is -1.09. The lowest BCUT2D eigenvalue weighted by molar-refractivity contribution is 0.0601. The van der Waals surface area contributed by atoms with Crippen LogP contribution < -0.4 is 10.6 Å². The van der Waals surface area contributed by atoms with Gasteiger partial charge in [-0.2, -0.15) is 0 Å². The second kappa shape index (κ2) is 9.12. The molecule has 1 atom stereocenters. The molecule has 5 nitrogen and oxygen atoms in total. The van der Waals surface area contributed by atoms with Crippen LogP contribution in [0.4, 0.5) is 5.69 Å². The van der Waals surface area contributed by atoms with E-state index in [4.69, 9.17) is 39.5 Å². The largest absolute Gasteiger partial charge is 0.465 e. The summed E-state index contributed by atoms with van der Waals surface area (Å²) in [6, 6.07) is 13.5. The molecule has 0 saturated carbocycles. The number of alkyl halides is 3. The van der Waals surface area contributed by atoms with Gasteiger partial charge in [-0.1, -0.05) is 53.0 Å². The molecule has 2 rings (SSSR count). The normalized spacial score (nSPS) is 12.2. The fourth-order valence-electron chi connectivity index (χ4n) is 2.10. The molecule has 0 spiro atoms. The maximum Gasteiger partial charge on any atom is 0.339 e. The quantitative estimate of drug-likeness (QED) is 0.258. The van der Waals surface area contributed by atoms with Gasteiger partial charge in [0.15, 0.2) is 0 Å². The number of methoxy groups -OCH3 is 1. The average molecular weight is 528 g/mol. The molecule has 0 saturated heterocycles. The summed E-state index contributed by atoms with van der Waals surface area (Å²) in [4.78, 5) is 24.4. The van der Waals surface area contributed by atoms with E-state index in [1.807, 2.05) is 6.07 Å². The van der Waals surface area contributed by atoms with Gasteiger partial charge in [0, 0.05) is 9.13 Å². The maximum atomic E-state index is 12.5. The number of halogens is 4. The maximum absolute atomic E-state index is 12.5. The summed E-state index contributed by atoms with van der Waals surface area (Å²) in [6.45, 7) is 0. The van der Waals surface area contributed by atoms with Crippen LogP contribution in [0.2, 0.25) is 0 Å².